The SMILES string of the molecule is O=C(COC(=O)c1cc(-c2ccc(Cl)cc2)nc2ccccc12)Nc1ccc([N+](=O)[O-])cc1Br. The van der Waals surface area contributed by atoms with Crippen LogP contribution >= 0.6 is 27.5 Å². The highest BCUT2D eigenvalue weighted by atomic mass is 79.9. The van der Waals surface area contributed by atoms with Crippen LogP contribution < -0.4 is 5.32 Å². The molecule has 170 valence electrons. The standard InChI is InChI=1S/C24H15BrClN3O5/c25-19-11-16(29(32)33)9-10-21(19)28-23(30)13-34-24(31)18-12-22(14-5-7-15(26)8-6-14)27-20-4-2-1-3-17(18)20/h1-12H,13H2,(H,28,30). The molecule has 0 saturated carbocycles. The van der Waals surface area contributed by atoms with E-state index >= 15 is 0 Å². The Hall–Kier alpha value is -3.82. The highest BCUT2D eigenvalue weighted by molar-refractivity contribution is 9.10. The molecule has 4 aromatic rings. The average molecular weight is 541 g/mol. The molecule has 1 amide bonds. The van der Waals surface area contributed by atoms with Crippen molar-refractivity contribution in [3.63, 3.8) is 0 Å². The van der Waals surface area contributed by atoms with Gasteiger partial charge in [0.15, 0.2) is 6.61 Å². The fourth-order valence-electron chi connectivity index (χ4n) is 3.23. The zero-order valence-corrected chi connectivity index (χ0v) is 19.7. The number of nitro groups is 1. The number of para-hydroxylation sites is 1. The zero-order valence-electron chi connectivity index (χ0n) is 17.3. The van der Waals surface area contributed by atoms with Gasteiger partial charge in [0.1, 0.15) is 0 Å². The molecule has 8 nitrogen and oxygen atoms in total. The van der Waals surface area contributed by atoms with Gasteiger partial charge in [-0.05, 0) is 46.3 Å². The molecule has 1 N–H and O–H groups in total. The van der Waals surface area contributed by atoms with Crippen LogP contribution in [0.3, 0.4) is 0 Å². The van der Waals surface area contributed by atoms with Gasteiger partial charge >= 0.3 is 5.97 Å². The van der Waals surface area contributed by atoms with Crippen molar-refractivity contribution in [2.75, 3.05) is 11.9 Å². The highest BCUT2D eigenvalue weighted by Crippen LogP contribution is 2.28. The molecule has 0 aliphatic heterocycles. The Bertz CT molecular complexity index is 1430. The second kappa shape index (κ2) is 9.98. The van der Waals surface area contributed by atoms with Crippen molar-refractivity contribution in [1.82, 2.24) is 4.98 Å². The van der Waals surface area contributed by atoms with Crippen LogP contribution in [0.15, 0.2) is 77.3 Å². The number of fused-ring (bicyclic) bond motifs is 1. The maximum atomic E-state index is 12.9. The first-order chi connectivity index (χ1) is 16.3. The molecular weight excluding hydrogens is 526 g/mol. The summed E-state index contributed by atoms with van der Waals surface area (Å²) >= 11 is 9.15. The number of hydrogen-bond donors (Lipinski definition) is 1. The Morgan fingerprint density at radius 2 is 1.79 bits per heavy atom. The number of carbonyl (C=O) groups excluding carboxylic acids is 2. The first kappa shape index (κ1) is 23.3. The number of rotatable bonds is 6. The molecule has 0 unspecified atom stereocenters. The summed E-state index contributed by atoms with van der Waals surface area (Å²) < 4.78 is 5.59. The van der Waals surface area contributed by atoms with Crippen molar-refractivity contribution in [3.8, 4) is 11.3 Å². The van der Waals surface area contributed by atoms with Crippen LogP contribution in [0, 0.1) is 10.1 Å². The summed E-state index contributed by atoms with van der Waals surface area (Å²) in [6.07, 6.45) is 0. The number of ether oxygens (including phenoxy) is 1. The van der Waals surface area contributed by atoms with E-state index in [2.05, 4.69) is 26.2 Å². The van der Waals surface area contributed by atoms with Gasteiger partial charge in [-0.3, -0.25) is 14.9 Å². The predicted octanol–water partition coefficient (Wildman–Crippen LogP) is 6.02. The minimum Gasteiger partial charge on any atom is -0.452 e. The minimum absolute atomic E-state index is 0.127. The van der Waals surface area contributed by atoms with E-state index in [-0.39, 0.29) is 11.3 Å². The van der Waals surface area contributed by atoms with Crippen molar-refractivity contribution in [2.24, 2.45) is 0 Å². The minimum atomic E-state index is -0.688. The maximum absolute atomic E-state index is 12.9. The Balaban J connectivity index is 1.53. The summed E-state index contributed by atoms with van der Waals surface area (Å²) in [5, 5.41) is 14.6. The Morgan fingerprint density at radius 1 is 1.06 bits per heavy atom. The summed E-state index contributed by atoms with van der Waals surface area (Å²) in [7, 11) is 0. The number of non-ortho nitro benzene ring substituents is 1. The molecule has 4 rings (SSSR count). The molecule has 0 bridgehead atoms. The van der Waals surface area contributed by atoms with E-state index in [1.54, 1.807) is 48.5 Å². The molecule has 0 saturated heterocycles. The molecule has 34 heavy (non-hydrogen) atoms. The lowest BCUT2D eigenvalue weighted by Gasteiger charge is -2.11. The Kier molecular flexibility index (Phi) is 6.85. The first-order valence-electron chi connectivity index (χ1n) is 9.88. The predicted molar refractivity (Wildman–Crippen MR) is 132 cm³/mol. The highest BCUT2D eigenvalue weighted by Gasteiger charge is 2.17. The Labute approximate surface area is 206 Å². The number of carbonyl (C=O) groups is 2. The maximum Gasteiger partial charge on any atom is 0.339 e. The summed E-state index contributed by atoms with van der Waals surface area (Å²) in [4.78, 5) is 40.2. The van der Waals surface area contributed by atoms with Gasteiger partial charge in [0, 0.05) is 32.6 Å². The van der Waals surface area contributed by atoms with Gasteiger partial charge in [-0.25, -0.2) is 9.78 Å². The zero-order chi connectivity index (χ0) is 24.2. The summed E-state index contributed by atoms with van der Waals surface area (Å²) in [6.45, 7) is -0.546. The van der Waals surface area contributed by atoms with Crippen LogP contribution in [-0.2, 0) is 9.53 Å². The fraction of sp³-hybridized carbons (Fsp3) is 0.0417. The molecule has 10 heteroatoms. The topological polar surface area (TPSA) is 111 Å². The van der Waals surface area contributed by atoms with Crippen molar-refractivity contribution >= 4 is 61.7 Å². The smallest absolute Gasteiger partial charge is 0.339 e. The molecule has 0 spiro atoms. The number of benzene rings is 3. The molecule has 1 aromatic heterocycles. The number of aromatic nitrogens is 1. The molecule has 0 radical (unpaired) electrons. The van der Waals surface area contributed by atoms with Crippen LogP contribution in [0.1, 0.15) is 10.4 Å². The van der Waals surface area contributed by atoms with Crippen LogP contribution in [0.2, 0.25) is 5.02 Å². The van der Waals surface area contributed by atoms with Gasteiger partial charge in [0.2, 0.25) is 0 Å². The first-order valence-corrected chi connectivity index (χ1v) is 11.1. The van der Waals surface area contributed by atoms with Gasteiger partial charge in [-0.2, -0.15) is 0 Å². The number of anilines is 1. The van der Waals surface area contributed by atoms with Crippen LogP contribution in [0.5, 0.6) is 0 Å². The third-order valence-electron chi connectivity index (χ3n) is 4.85. The van der Waals surface area contributed by atoms with E-state index in [1.807, 2.05) is 6.07 Å². The number of nitro benzene ring substituents is 1. The molecule has 0 aliphatic rings. The number of esters is 1. The largest absolute Gasteiger partial charge is 0.452 e. The normalized spacial score (nSPS) is 10.6. The molecule has 0 fully saturated rings. The lowest BCUT2D eigenvalue weighted by Crippen LogP contribution is -2.21. The van der Waals surface area contributed by atoms with Gasteiger partial charge in [0.25, 0.3) is 11.6 Å². The molecule has 0 aliphatic carbocycles. The van der Waals surface area contributed by atoms with Crippen LogP contribution in [-0.4, -0.2) is 28.4 Å². The molecular formula is C24H15BrClN3O5. The number of nitrogens with one attached hydrogen (secondary N) is 1. The fourth-order valence-corrected chi connectivity index (χ4v) is 3.82. The van der Waals surface area contributed by atoms with E-state index in [0.717, 1.165) is 5.56 Å². The Morgan fingerprint density at radius 3 is 2.50 bits per heavy atom. The van der Waals surface area contributed by atoms with Gasteiger partial charge in [0.05, 0.1) is 27.4 Å². The monoisotopic (exact) mass is 539 g/mol. The number of halogens is 2. The third-order valence-corrected chi connectivity index (χ3v) is 5.76. The second-order valence-electron chi connectivity index (χ2n) is 7.12. The van der Waals surface area contributed by atoms with Crippen LogP contribution in [0.25, 0.3) is 22.2 Å². The third kappa shape index (κ3) is 5.22. The number of hydrogen-bond acceptors (Lipinski definition) is 6. The summed E-state index contributed by atoms with van der Waals surface area (Å²) in [6, 6.07) is 19.7. The molecule has 1 heterocycles. The summed E-state index contributed by atoms with van der Waals surface area (Å²) in [5.74, 6) is -1.29. The van der Waals surface area contributed by atoms with E-state index in [0.29, 0.717) is 31.8 Å². The lowest BCUT2D eigenvalue weighted by molar-refractivity contribution is -0.384. The van der Waals surface area contributed by atoms with Crippen molar-refractivity contribution in [2.45, 2.75) is 0 Å². The summed E-state index contributed by atoms with van der Waals surface area (Å²) in [5.41, 5.74) is 2.37. The van der Waals surface area contributed by atoms with E-state index in [9.17, 15) is 19.7 Å². The molecule has 3 aromatic carbocycles. The lowest BCUT2D eigenvalue weighted by atomic mass is 10.0. The number of amides is 1. The average Bonchev–Trinajstić information content (AvgIpc) is 2.83. The van der Waals surface area contributed by atoms with Gasteiger partial charge < -0.3 is 10.1 Å². The van der Waals surface area contributed by atoms with Crippen LogP contribution in [0.4, 0.5) is 11.4 Å². The van der Waals surface area contributed by atoms with Crippen molar-refractivity contribution in [1.29, 1.82) is 0 Å². The van der Waals surface area contributed by atoms with E-state index in [4.69, 9.17) is 16.3 Å². The van der Waals surface area contributed by atoms with Gasteiger partial charge in [-0.15, -0.1) is 0 Å². The second-order valence-corrected chi connectivity index (χ2v) is 8.42. The van der Waals surface area contributed by atoms with E-state index < -0.39 is 23.4 Å². The number of nitrogens with zero attached hydrogens (tertiary/aromatic N) is 2. The van der Waals surface area contributed by atoms with Crippen molar-refractivity contribution in [3.05, 3.63) is 98.0 Å². The quantitative estimate of drug-likeness (QED) is 0.182. The van der Waals surface area contributed by atoms with Gasteiger partial charge in [-0.1, -0.05) is 41.9 Å². The number of pyridine rings is 1. The van der Waals surface area contributed by atoms with Crippen molar-refractivity contribution < 1.29 is 19.2 Å². The molecule has 0 atom stereocenters. The van der Waals surface area contributed by atoms with E-state index in [1.165, 1.54) is 18.2 Å².